The molecule has 0 amide bonds. The van der Waals surface area contributed by atoms with E-state index in [1.807, 2.05) is 6.92 Å². The summed E-state index contributed by atoms with van der Waals surface area (Å²) in [5.41, 5.74) is 0. The van der Waals surface area contributed by atoms with Gasteiger partial charge in [0.25, 0.3) is 0 Å². The highest BCUT2D eigenvalue weighted by Gasteiger charge is 1.83. The predicted molar refractivity (Wildman–Crippen MR) is 35.0 cm³/mol. The lowest BCUT2D eigenvalue weighted by Crippen LogP contribution is -1.83. The highest BCUT2D eigenvalue weighted by molar-refractivity contribution is 5.94. The molecule has 0 unspecified atom stereocenters. The molecular formula is C5H7N3. The van der Waals surface area contributed by atoms with Crippen molar-refractivity contribution in [2.24, 2.45) is 15.0 Å². The average molecular weight is 109 g/mol. The van der Waals surface area contributed by atoms with Gasteiger partial charge in [0, 0.05) is 6.21 Å². The van der Waals surface area contributed by atoms with Gasteiger partial charge in [-0.1, -0.05) is 0 Å². The third-order valence-corrected chi connectivity index (χ3v) is 0.791. The van der Waals surface area contributed by atoms with E-state index in [9.17, 15) is 0 Å². The summed E-state index contributed by atoms with van der Waals surface area (Å²) in [5, 5.41) is 0. The molecule has 1 heterocycles. The van der Waals surface area contributed by atoms with Crippen LogP contribution in [0.5, 0.6) is 0 Å². The van der Waals surface area contributed by atoms with Gasteiger partial charge < -0.3 is 0 Å². The van der Waals surface area contributed by atoms with E-state index in [-0.39, 0.29) is 0 Å². The number of nitrogens with zero attached hydrogens (tertiary/aromatic N) is 3. The molecule has 0 aromatic carbocycles. The molecule has 0 saturated carbocycles. The Kier molecular flexibility index (Phi) is 1.51. The Morgan fingerprint density at radius 2 is 2.50 bits per heavy atom. The minimum Gasteiger partial charge on any atom is -0.268 e. The van der Waals surface area contributed by atoms with Crippen LogP contribution in [0.1, 0.15) is 6.92 Å². The quantitative estimate of drug-likeness (QED) is 0.435. The largest absolute Gasteiger partial charge is 0.268 e. The standard InChI is InChI=1S/C5H7N3/c1-5-7-3-2-6-4-8-5/h3-4H,2H2,1H3. The second kappa shape index (κ2) is 2.35. The third kappa shape index (κ3) is 1.26. The van der Waals surface area contributed by atoms with Gasteiger partial charge in [-0.2, -0.15) is 0 Å². The van der Waals surface area contributed by atoms with Crippen molar-refractivity contribution in [2.45, 2.75) is 6.92 Å². The maximum atomic E-state index is 3.92. The van der Waals surface area contributed by atoms with Crippen molar-refractivity contribution in [3.63, 3.8) is 0 Å². The number of amidine groups is 1. The summed E-state index contributed by atoms with van der Waals surface area (Å²) in [7, 11) is 0. The lowest BCUT2D eigenvalue weighted by Gasteiger charge is -1.79. The first-order chi connectivity index (χ1) is 3.89. The molecule has 1 aliphatic rings. The Morgan fingerprint density at radius 1 is 1.62 bits per heavy atom. The molecule has 0 saturated heterocycles. The van der Waals surface area contributed by atoms with Crippen LogP contribution < -0.4 is 0 Å². The average Bonchev–Trinajstić information content (AvgIpc) is 1.94. The zero-order valence-electron chi connectivity index (χ0n) is 4.70. The summed E-state index contributed by atoms with van der Waals surface area (Å²) in [6, 6.07) is 0. The second-order valence-electron chi connectivity index (χ2n) is 1.47. The molecule has 3 nitrogen and oxygen atoms in total. The molecule has 8 heavy (non-hydrogen) atoms. The van der Waals surface area contributed by atoms with Crippen molar-refractivity contribution in [2.75, 3.05) is 6.54 Å². The molecule has 0 atom stereocenters. The van der Waals surface area contributed by atoms with Crippen LogP contribution in [0.2, 0.25) is 0 Å². The molecule has 0 N–H and O–H groups in total. The Bertz CT molecular complexity index is 155. The lowest BCUT2D eigenvalue weighted by molar-refractivity contribution is 1.34. The van der Waals surface area contributed by atoms with Crippen LogP contribution in [0.15, 0.2) is 15.0 Å². The van der Waals surface area contributed by atoms with Crippen LogP contribution in [-0.4, -0.2) is 24.9 Å². The van der Waals surface area contributed by atoms with E-state index < -0.39 is 0 Å². The molecule has 1 rings (SSSR count). The highest BCUT2D eigenvalue weighted by Crippen LogP contribution is 1.80. The first-order valence-corrected chi connectivity index (χ1v) is 2.45. The van der Waals surface area contributed by atoms with E-state index in [1.165, 1.54) is 6.34 Å². The lowest BCUT2D eigenvalue weighted by atomic mass is 10.7. The molecule has 3 heteroatoms. The van der Waals surface area contributed by atoms with Crippen molar-refractivity contribution >= 4 is 18.4 Å². The summed E-state index contributed by atoms with van der Waals surface area (Å²) >= 11 is 0. The maximum absolute atomic E-state index is 3.92. The van der Waals surface area contributed by atoms with Gasteiger partial charge in [-0.3, -0.25) is 4.99 Å². The van der Waals surface area contributed by atoms with E-state index in [1.54, 1.807) is 6.21 Å². The third-order valence-electron chi connectivity index (χ3n) is 0.791. The number of hydrogen-bond acceptors (Lipinski definition) is 3. The Labute approximate surface area is 47.9 Å². The first-order valence-electron chi connectivity index (χ1n) is 2.45. The van der Waals surface area contributed by atoms with Gasteiger partial charge in [0.1, 0.15) is 12.2 Å². The van der Waals surface area contributed by atoms with E-state index in [2.05, 4.69) is 15.0 Å². The molecule has 0 aromatic rings. The molecular weight excluding hydrogens is 102 g/mol. The zero-order valence-corrected chi connectivity index (χ0v) is 4.70. The summed E-state index contributed by atoms with van der Waals surface area (Å²) in [4.78, 5) is 11.6. The fourth-order valence-corrected chi connectivity index (χ4v) is 0.425. The van der Waals surface area contributed by atoms with Crippen molar-refractivity contribution in [1.29, 1.82) is 0 Å². The predicted octanol–water partition coefficient (Wildman–Crippen LogP) is 0.518. The topological polar surface area (TPSA) is 37.1 Å². The van der Waals surface area contributed by atoms with Gasteiger partial charge in [0.15, 0.2) is 0 Å². The first kappa shape index (κ1) is 5.15. The smallest absolute Gasteiger partial charge is 0.126 e. The zero-order chi connectivity index (χ0) is 5.82. The minimum atomic E-state index is 0.654. The van der Waals surface area contributed by atoms with E-state index in [0.29, 0.717) is 6.54 Å². The Hall–Kier alpha value is -0.990. The Morgan fingerprint density at radius 3 is 3.38 bits per heavy atom. The van der Waals surface area contributed by atoms with Crippen molar-refractivity contribution in [3.8, 4) is 0 Å². The monoisotopic (exact) mass is 109 g/mol. The molecule has 0 fully saturated rings. The molecule has 0 aromatic heterocycles. The van der Waals surface area contributed by atoms with Gasteiger partial charge >= 0.3 is 0 Å². The molecule has 0 bridgehead atoms. The number of aliphatic imine (C=N–C) groups is 3. The van der Waals surface area contributed by atoms with Crippen LogP contribution >= 0.6 is 0 Å². The molecule has 0 radical (unpaired) electrons. The van der Waals surface area contributed by atoms with Crippen molar-refractivity contribution < 1.29 is 0 Å². The molecule has 0 aliphatic carbocycles. The van der Waals surface area contributed by atoms with E-state index >= 15 is 0 Å². The van der Waals surface area contributed by atoms with Gasteiger partial charge in [0.05, 0.1) is 6.54 Å². The van der Waals surface area contributed by atoms with Crippen LogP contribution in [0.4, 0.5) is 0 Å². The van der Waals surface area contributed by atoms with Crippen molar-refractivity contribution in [1.82, 2.24) is 0 Å². The molecule has 1 aliphatic heterocycles. The van der Waals surface area contributed by atoms with Crippen molar-refractivity contribution in [3.05, 3.63) is 0 Å². The van der Waals surface area contributed by atoms with Gasteiger partial charge in [-0.05, 0) is 6.92 Å². The maximum Gasteiger partial charge on any atom is 0.126 e. The van der Waals surface area contributed by atoms with Gasteiger partial charge in [-0.15, -0.1) is 0 Å². The summed E-state index contributed by atoms with van der Waals surface area (Å²) < 4.78 is 0. The van der Waals surface area contributed by atoms with Crippen LogP contribution in [0, 0.1) is 0 Å². The van der Waals surface area contributed by atoms with Crippen LogP contribution in [0.3, 0.4) is 0 Å². The van der Waals surface area contributed by atoms with Crippen LogP contribution in [-0.2, 0) is 0 Å². The van der Waals surface area contributed by atoms with Gasteiger partial charge in [-0.25, -0.2) is 9.98 Å². The SMILES string of the molecule is CC1=NC=NCC=N1. The fraction of sp³-hybridized carbons (Fsp3) is 0.400. The second-order valence-corrected chi connectivity index (χ2v) is 1.47. The highest BCUT2D eigenvalue weighted by atomic mass is 15.0. The van der Waals surface area contributed by atoms with Crippen LogP contribution in [0.25, 0.3) is 0 Å². The fourth-order valence-electron chi connectivity index (χ4n) is 0.425. The van der Waals surface area contributed by atoms with Gasteiger partial charge in [0.2, 0.25) is 0 Å². The number of rotatable bonds is 0. The van der Waals surface area contributed by atoms with E-state index in [0.717, 1.165) is 5.84 Å². The normalized spacial score (nSPS) is 17.9. The minimum absolute atomic E-state index is 0.654. The summed E-state index contributed by atoms with van der Waals surface area (Å²) in [5.74, 6) is 0.770. The number of hydrogen-bond donors (Lipinski definition) is 0. The molecule has 42 valence electrons. The van der Waals surface area contributed by atoms with E-state index in [4.69, 9.17) is 0 Å². The summed E-state index contributed by atoms with van der Waals surface area (Å²) in [6.07, 6.45) is 3.27. The Balaban J connectivity index is 2.73. The molecule has 0 spiro atoms. The summed E-state index contributed by atoms with van der Waals surface area (Å²) in [6.45, 7) is 2.49.